The molecule has 0 unspecified atom stereocenters. The van der Waals surface area contributed by atoms with Gasteiger partial charge in [0, 0.05) is 26.6 Å². The van der Waals surface area contributed by atoms with Gasteiger partial charge in [0.15, 0.2) is 0 Å². The molecule has 3 aromatic rings. The van der Waals surface area contributed by atoms with Gasteiger partial charge in [0.2, 0.25) is 15.9 Å². The average Bonchev–Trinajstić information content (AvgIpc) is 2.74. The Labute approximate surface area is 177 Å². The van der Waals surface area contributed by atoms with E-state index in [0.717, 1.165) is 22.1 Å². The first-order valence-electron chi connectivity index (χ1n) is 9.83. The summed E-state index contributed by atoms with van der Waals surface area (Å²) in [6.45, 7) is 3.02. The molecular weight excluding hydrogens is 400 g/mol. The third-order valence-electron chi connectivity index (χ3n) is 4.74. The summed E-state index contributed by atoms with van der Waals surface area (Å²) < 4.78 is 33.0. The number of rotatable bonds is 9. The lowest BCUT2D eigenvalue weighted by Gasteiger charge is -2.18. The van der Waals surface area contributed by atoms with Crippen LogP contribution in [0.25, 0.3) is 10.8 Å². The van der Waals surface area contributed by atoms with Gasteiger partial charge in [-0.05, 0) is 47.5 Å². The molecule has 6 nitrogen and oxygen atoms in total. The number of fused-ring (bicyclic) bond motifs is 1. The average molecular weight is 427 g/mol. The second-order valence-electron chi connectivity index (χ2n) is 6.98. The van der Waals surface area contributed by atoms with Gasteiger partial charge < -0.3 is 9.64 Å². The van der Waals surface area contributed by atoms with Gasteiger partial charge in [-0.3, -0.25) is 4.79 Å². The Morgan fingerprint density at radius 3 is 2.40 bits per heavy atom. The molecule has 0 aliphatic rings. The van der Waals surface area contributed by atoms with E-state index in [1.54, 1.807) is 30.1 Å². The summed E-state index contributed by atoms with van der Waals surface area (Å²) in [6.07, 6.45) is 0.0837. The molecule has 30 heavy (non-hydrogen) atoms. The number of ether oxygens (including phenoxy) is 1. The van der Waals surface area contributed by atoms with Crippen LogP contribution in [0.2, 0.25) is 0 Å². The maximum atomic E-state index is 12.6. The topological polar surface area (TPSA) is 75.7 Å². The number of carbonyl (C=O) groups excluding carboxylic acids is 1. The molecule has 3 rings (SSSR count). The van der Waals surface area contributed by atoms with Crippen molar-refractivity contribution in [2.45, 2.75) is 24.8 Å². The number of carbonyl (C=O) groups is 1. The van der Waals surface area contributed by atoms with E-state index in [9.17, 15) is 13.2 Å². The van der Waals surface area contributed by atoms with Gasteiger partial charge in [-0.25, -0.2) is 13.1 Å². The Morgan fingerprint density at radius 1 is 1.00 bits per heavy atom. The minimum atomic E-state index is -3.68. The zero-order chi connectivity index (χ0) is 21.6. The van der Waals surface area contributed by atoms with Gasteiger partial charge in [-0.1, -0.05) is 42.5 Å². The van der Waals surface area contributed by atoms with Crippen LogP contribution in [0, 0.1) is 0 Å². The third-order valence-corrected chi connectivity index (χ3v) is 6.20. The van der Waals surface area contributed by atoms with Gasteiger partial charge in [-0.15, -0.1) is 0 Å². The maximum Gasteiger partial charge on any atom is 0.240 e. The molecule has 0 aromatic heterocycles. The van der Waals surface area contributed by atoms with Gasteiger partial charge >= 0.3 is 0 Å². The number of sulfonamides is 1. The minimum Gasteiger partial charge on any atom is -0.494 e. The second kappa shape index (κ2) is 9.73. The first-order valence-corrected chi connectivity index (χ1v) is 11.3. The van der Waals surface area contributed by atoms with E-state index < -0.39 is 10.0 Å². The molecule has 0 bridgehead atoms. The Morgan fingerprint density at radius 2 is 1.70 bits per heavy atom. The molecule has 7 heteroatoms. The highest BCUT2D eigenvalue weighted by molar-refractivity contribution is 7.89. The van der Waals surface area contributed by atoms with Crippen molar-refractivity contribution in [1.29, 1.82) is 0 Å². The van der Waals surface area contributed by atoms with Crippen LogP contribution in [0.1, 0.15) is 18.9 Å². The smallest absolute Gasteiger partial charge is 0.240 e. The largest absolute Gasteiger partial charge is 0.494 e. The summed E-state index contributed by atoms with van der Waals surface area (Å²) in [4.78, 5) is 14.2. The molecule has 1 amide bonds. The van der Waals surface area contributed by atoms with Crippen LogP contribution in [0.4, 0.5) is 0 Å². The monoisotopic (exact) mass is 426 g/mol. The normalized spacial score (nSPS) is 11.4. The van der Waals surface area contributed by atoms with Gasteiger partial charge in [0.05, 0.1) is 11.5 Å². The van der Waals surface area contributed by atoms with E-state index in [1.807, 2.05) is 55.5 Å². The summed E-state index contributed by atoms with van der Waals surface area (Å²) in [7, 11) is -1.97. The summed E-state index contributed by atoms with van der Waals surface area (Å²) in [5.41, 5.74) is 0.978. The molecule has 0 saturated heterocycles. The number of nitrogens with one attached hydrogen (secondary N) is 1. The standard InChI is InChI=1S/C23H26N2O4S/c1-3-29-21-11-8-18(9-12-21)17-25(2)23(26)14-15-24-30(27,28)22-13-10-19-6-4-5-7-20(19)16-22/h4-13,16,24H,3,14-15,17H2,1-2H3. The molecule has 0 spiro atoms. The Hall–Kier alpha value is -2.90. The van der Waals surface area contributed by atoms with E-state index in [-0.39, 0.29) is 23.8 Å². The van der Waals surface area contributed by atoms with Crippen LogP contribution in [0.5, 0.6) is 5.75 Å². The zero-order valence-electron chi connectivity index (χ0n) is 17.2. The van der Waals surface area contributed by atoms with Crippen molar-refractivity contribution >= 4 is 26.7 Å². The van der Waals surface area contributed by atoms with E-state index in [4.69, 9.17) is 4.74 Å². The molecule has 0 fully saturated rings. The lowest BCUT2D eigenvalue weighted by atomic mass is 10.1. The van der Waals surface area contributed by atoms with Crippen LogP contribution in [0.3, 0.4) is 0 Å². The lowest BCUT2D eigenvalue weighted by Crippen LogP contribution is -2.31. The quantitative estimate of drug-likeness (QED) is 0.568. The molecular formula is C23H26N2O4S. The molecule has 0 aliphatic carbocycles. The van der Waals surface area contributed by atoms with Crippen molar-refractivity contribution in [1.82, 2.24) is 9.62 Å². The van der Waals surface area contributed by atoms with Crippen LogP contribution >= 0.6 is 0 Å². The predicted octanol–water partition coefficient (Wildman–Crippen LogP) is 3.57. The van der Waals surface area contributed by atoms with E-state index in [1.165, 1.54) is 0 Å². The van der Waals surface area contributed by atoms with Crippen molar-refractivity contribution < 1.29 is 17.9 Å². The fraction of sp³-hybridized carbons (Fsp3) is 0.261. The molecule has 1 N–H and O–H groups in total. The number of hydrogen-bond acceptors (Lipinski definition) is 4. The summed E-state index contributed by atoms with van der Waals surface area (Å²) in [6, 6.07) is 20.1. The highest BCUT2D eigenvalue weighted by Gasteiger charge is 2.16. The lowest BCUT2D eigenvalue weighted by molar-refractivity contribution is -0.130. The molecule has 158 valence electrons. The predicted molar refractivity (Wildman–Crippen MR) is 118 cm³/mol. The minimum absolute atomic E-state index is 0.0433. The van der Waals surface area contributed by atoms with Crippen molar-refractivity contribution in [3.05, 3.63) is 72.3 Å². The Kier molecular flexibility index (Phi) is 7.07. The third kappa shape index (κ3) is 5.58. The fourth-order valence-corrected chi connectivity index (χ4v) is 4.19. The van der Waals surface area contributed by atoms with Crippen LogP contribution < -0.4 is 9.46 Å². The van der Waals surface area contributed by atoms with Crippen LogP contribution in [0.15, 0.2) is 71.6 Å². The first kappa shape index (κ1) is 21.8. The van der Waals surface area contributed by atoms with Crippen molar-refractivity contribution in [2.75, 3.05) is 20.2 Å². The summed E-state index contributed by atoms with van der Waals surface area (Å²) >= 11 is 0. The second-order valence-corrected chi connectivity index (χ2v) is 8.75. The van der Waals surface area contributed by atoms with Crippen molar-refractivity contribution in [2.24, 2.45) is 0 Å². The molecule has 0 atom stereocenters. The molecule has 0 saturated carbocycles. The van der Waals surface area contributed by atoms with Crippen LogP contribution in [-0.2, 0) is 21.4 Å². The van der Waals surface area contributed by atoms with Gasteiger partial charge in [0.1, 0.15) is 5.75 Å². The maximum absolute atomic E-state index is 12.6. The molecule has 0 aliphatic heterocycles. The van der Waals surface area contributed by atoms with E-state index in [0.29, 0.717) is 13.2 Å². The SMILES string of the molecule is CCOc1ccc(CN(C)C(=O)CCNS(=O)(=O)c2ccc3ccccc3c2)cc1. The van der Waals surface area contributed by atoms with Crippen LogP contribution in [-0.4, -0.2) is 39.4 Å². The Bertz CT molecular complexity index is 1110. The van der Waals surface area contributed by atoms with E-state index >= 15 is 0 Å². The highest BCUT2D eigenvalue weighted by atomic mass is 32.2. The first-order chi connectivity index (χ1) is 14.4. The van der Waals surface area contributed by atoms with Crippen molar-refractivity contribution in [3.8, 4) is 5.75 Å². The zero-order valence-corrected chi connectivity index (χ0v) is 18.0. The van der Waals surface area contributed by atoms with Gasteiger partial charge in [-0.2, -0.15) is 0 Å². The highest BCUT2D eigenvalue weighted by Crippen LogP contribution is 2.19. The number of benzene rings is 3. The summed E-state index contributed by atoms with van der Waals surface area (Å²) in [5.74, 6) is 0.656. The number of nitrogens with zero attached hydrogens (tertiary/aromatic N) is 1. The number of amides is 1. The molecule has 0 heterocycles. The van der Waals surface area contributed by atoms with Crippen molar-refractivity contribution in [3.63, 3.8) is 0 Å². The van der Waals surface area contributed by atoms with Gasteiger partial charge in [0.25, 0.3) is 0 Å². The Balaban J connectivity index is 1.53. The number of hydrogen-bond donors (Lipinski definition) is 1. The van der Waals surface area contributed by atoms with E-state index in [2.05, 4.69) is 4.72 Å². The fourth-order valence-electron chi connectivity index (χ4n) is 3.12. The molecule has 3 aromatic carbocycles. The summed E-state index contributed by atoms with van der Waals surface area (Å²) in [5, 5.41) is 1.83. The molecule has 0 radical (unpaired) electrons.